The Bertz CT molecular complexity index is 693. The van der Waals surface area contributed by atoms with Crippen LogP contribution in [0, 0.1) is 46.6 Å². The first kappa shape index (κ1) is 20.3. The summed E-state index contributed by atoms with van der Waals surface area (Å²) >= 11 is 5.70. The number of nitriles is 1. The van der Waals surface area contributed by atoms with Crippen molar-refractivity contribution in [1.29, 1.82) is 5.26 Å². The molecule has 2 aliphatic carbocycles. The number of hydrogen-bond acceptors (Lipinski definition) is 1. The predicted octanol–water partition coefficient (Wildman–Crippen LogP) is 7.13. The summed E-state index contributed by atoms with van der Waals surface area (Å²) in [6, 6.07) is 4.64. The minimum absolute atomic E-state index is 0.215. The molecule has 0 amide bonds. The van der Waals surface area contributed by atoms with Crippen LogP contribution >= 0.6 is 11.6 Å². The number of nitrogens with zero attached hydrogens (tertiary/aromatic N) is 1. The molecule has 1 nitrogen and oxygen atoms in total. The highest BCUT2D eigenvalue weighted by Crippen LogP contribution is 2.42. The van der Waals surface area contributed by atoms with Crippen LogP contribution in [0.5, 0.6) is 0 Å². The van der Waals surface area contributed by atoms with E-state index >= 15 is 0 Å². The van der Waals surface area contributed by atoms with Crippen LogP contribution in [0.25, 0.3) is 0 Å². The molecule has 2 fully saturated rings. The van der Waals surface area contributed by atoms with Gasteiger partial charge in [-0.1, -0.05) is 36.6 Å². The standard InChI is InChI=1S/C23H28ClF2N/c24-14-13-17-3-8-19(9-4-17)18-6-1-16(2-7-18)5-10-20-11-12-21(15-27)23(26)22(20)25/h11-14,16-19H,1-10H2. The normalized spacial score (nSPS) is 29.0. The number of rotatable bonds is 5. The van der Waals surface area contributed by atoms with Crippen LogP contribution in [0.15, 0.2) is 23.7 Å². The second-order valence-corrected chi connectivity index (χ2v) is 8.58. The number of allylic oxidation sites excluding steroid dienone is 1. The summed E-state index contributed by atoms with van der Waals surface area (Å²) < 4.78 is 27.8. The van der Waals surface area contributed by atoms with Crippen LogP contribution < -0.4 is 0 Å². The van der Waals surface area contributed by atoms with E-state index in [0.717, 1.165) is 18.3 Å². The van der Waals surface area contributed by atoms with Gasteiger partial charge in [0.2, 0.25) is 0 Å². The zero-order valence-electron chi connectivity index (χ0n) is 15.8. The molecule has 4 heteroatoms. The first-order valence-corrected chi connectivity index (χ1v) is 10.7. The predicted molar refractivity (Wildman–Crippen MR) is 105 cm³/mol. The van der Waals surface area contributed by atoms with Crippen molar-refractivity contribution >= 4 is 11.6 Å². The lowest BCUT2D eigenvalue weighted by Gasteiger charge is -2.37. The topological polar surface area (TPSA) is 23.8 Å². The van der Waals surface area contributed by atoms with Gasteiger partial charge in [-0.2, -0.15) is 5.26 Å². The van der Waals surface area contributed by atoms with Crippen molar-refractivity contribution in [2.75, 3.05) is 0 Å². The Morgan fingerprint density at radius 3 is 2.19 bits per heavy atom. The molecular weight excluding hydrogens is 364 g/mol. The van der Waals surface area contributed by atoms with Gasteiger partial charge in [0.1, 0.15) is 6.07 Å². The number of hydrogen-bond donors (Lipinski definition) is 0. The van der Waals surface area contributed by atoms with E-state index in [4.69, 9.17) is 16.9 Å². The lowest BCUT2D eigenvalue weighted by Crippen LogP contribution is -2.25. The van der Waals surface area contributed by atoms with Gasteiger partial charge in [-0.3, -0.25) is 0 Å². The van der Waals surface area contributed by atoms with Gasteiger partial charge in [-0.25, -0.2) is 8.78 Å². The summed E-state index contributed by atoms with van der Waals surface area (Å²) in [4.78, 5) is 0. The SMILES string of the molecule is N#Cc1ccc(CCC2CCC(C3CCC(C=CCl)CC3)CC2)c(F)c1F. The molecule has 0 bridgehead atoms. The van der Waals surface area contributed by atoms with E-state index in [-0.39, 0.29) is 5.56 Å². The summed E-state index contributed by atoms with van der Waals surface area (Å²) in [6.07, 6.45) is 13.7. The third kappa shape index (κ3) is 5.11. The van der Waals surface area contributed by atoms with E-state index in [1.165, 1.54) is 57.4 Å². The van der Waals surface area contributed by atoms with Gasteiger partial charge < -0.3 is 0 Å². The molecule has 0 heterocycles. The van der Waals surface area contributed by atoms with Crippen LogP contribution in [-0.4, -0.2) is 0 Å². The maximum atomic E-state index is 14.1. The summed E-state index contributed by atoms with van der Waals surface area (Å²) in [6.45, 7) is 0. The quantitative estimate of drug-likeness (QED) is 0.523. The molecule has 0 N–H and O–H groups in total. The van der Waals surface area contributed by atoms with Crippen molar-refractivity contribution in [3.8, 4) is 6.07 Å². The first-order valence-electron chi connectivity index (χ1n) is 10.3. The Hall–Kier alpha value is -1.40. The molecule has 146 valence electrons. The molecule has 1 aromatic rings. The van der Waals surface area contributed by atoms with Gasteiger partial charge in [0.05, 0.1) is 5.56 Å². The average Bonchev–Trinajstić information content (AvgIpc) is 2.70. The van der Waals surface area contributed by atoms with E-state index < -0.39 is 11.6 Å². The Labute approximate surface area is 166 Å². The third-order valence-electron chi connectivity index (χ3n) is 6.82. The van der Waals surface area contributed by atoms with Crippen LogP contribution in [0.4, 0.5) is 8.78 Å². The summed E-state index contributed by atoms with van der Waals surface area (Å²) in [5, 5.41) is 8.78. The van der Waals surface area contributed by atoms with Crippen molar-refractivity contribution in [2.45, 2.75) is 64.2 Å². The first-order chi connectivity index (χ1) is 13.1. The fourth-order valence-corrected chi connectivity index (χ4v) is 5.29. The summed E-state index contributed by atoms with van der Waals surface area (Å²) in [7, 11) is 0. The monoisotopic (exact) mass is 391 g/mol. The second-order valence-electron chi connectivity index (χ2n) is 8.32. The van der Waals surface area contributed by atoms with Gasteiger partial charge >= 0.3 is 0 Å². The van der Waals surface area contributed by atoms with E-state index in [0.29, 0.717) is 23.8 Å². The zero-order valence-corrected chi connectivity index (χ0v) is 16.5. The smallest absolute Gasteiger partial charge is 0.176 e. The molecule has 2 aliphatic rings. The highest BCUT2D eigenvalue weighted by molar-refractivity contribution is 6.25. The molecule has 1 aromatic carbocycles. The highest BCUT2D eigenvalue weighted by atomic mass is 35.5. The van der Waals surface area contributed by atoms with E-state index in [9.17, 15) is 8.78 Å². The molecular formula is C23H28ClF2N. The minimum atomic E-state index is -1.00. The van der Waals surface area contributed by atoms with Crippen LogP contribution in [0.3, 0.4) is 0 Å². The van der Waals surface area contributed by atoms with Gasteiger partial charge in [0.25, 0.3) is 0 Å². The Balaban J connectivity index is 1.44. The van der Waals surface area contributed by atoms with Crippen molar-refractivity contribution in [2.24, 2.45) is 23.7 Å². The maximum Gasteiger partial charge on any atom is 0.176 e. The van der Waals surface area contributed by atoms with E-state index in [1.54, 1.807) is 17.7 Å². The van der Waals surface area contributed by atoms with E-state index in [2.05, 4.69) is 6.08 Å². The van der Waals surface area contributed by atoms with Crippen molar-refractivity contribution in [3.63, 3.8) is 0 Å². The second kappa shape index (κ2) is 9.69. The Morgan fingerprint density at radius 2 is 1.59 bits per heavy atom. The Morgan fingerprint density at radius 1 is 0.963 bits per heavy atom. The molecule has 0 spiro atoms. The van der Waals surface area contributed by atoms with Gasteiger partial charge in [-0.15, -0.1) is 0 Å². The van der Waals surface area contributed by atoms with Crippen molar-refractivity contribution in [1.82, 2.24) is 0 Å². The molecule has 27 heavy (non-hydrogen) atoms. The molecule has 0 unspecified atom stereocenters. The van der Waals surface area contributed by atoms with E-state index in [1.807, 2.05) is 0 Å². The third-order valence-corrected chi connectivity index (χ3v) is 6.97. The van der Waals surface area contributed by atoms with Crippen LogP contribution in [0.2, 0.25) is 0 Å². The maximum absolute atomic E-state index is 14.1. The van der Waals surface area contributed by atoms with Gasteiger partial charge in [0.15, 0.2) is 11.6 Å². The van der Waals surface area contributed by atoms with Crippen molar-refractivity contribution < 1.29 is 8.78 Å². The molecule has 0 aliphatic heterocycles. The largest absolute Gasteiger partial charge is 0.203 e. The summed E-state index contributed by atoms with van der Waals surface area (Å²) in [5.41, 5.74) is 1.85. The molecule has 2 saturated carbocycles. The lowest BCUT2D eigenvalue weighted by atomic mass is 9.68. The summed E-state index contributed by atoms with van der Waals surface area (Å²) in [5.74, 6) is 1.12. The molecule has 0 atom stereocenters. The molecule has 0 radical (unpaired) electrons. The molecule has 0 saturated heterocycles. The number of aryl methyl sites for hydroxylation is 1. The van der Waals surface area contributed by atoms with Gasteiger partial charge in [-0.05, 0) is 86.7 Å². The van der Waals surface area contributed by atoms with Gasteiger partial charge in [0, 0.05) is 5.54 Å². The number of halogens is 3. The van der Waals surface area contributed by atoms with Crippen LogP contribution in [-0.2, 0) is 6.42 Å². The average molecular weight is 392 g/mol. The highest BCUT2D eigenvalue weighted by Gasteiger charge is 2.30. The number of benzene rings is 1. The zero-order chi connectivity index (χ0) is 19.2. The van der Waals surface area contributed by atoms with Crippen LogP contribution in [0.1, 0.15) is 68.9 Å². The minimum Gasteiger partial charge on any atom is -0.203 e. The molecule has 0 aromatic heterocycles. The fourth-order valence-electron chi connectivity index (χ4n) is 5.09. The fraction of sp³-hybridized carbons (Fsp3) is 0.609. The lowest BCUT2D eigenvalue weighted by molar-refractivity contribution is 0.152. The van der Waals surface area contributed by atoms with Crippen molar-refractivity contribution in [3.05, 3.63) is 46.5 Å². The molecule has 3 rings (SSSR count). The Kier molecular flexibility index (Phi) is 7.30.